The van der Waals surface area contributed by atoms with Crippen molar-refractivity contribution < 1.29 is 0 Å². The van der Waals surface area contributed by atoms with Crippen molar-refractivity contribution in [2.45, 2.75) is 59.8 Å². The lowest BCUT2D eigenvalue weighted by molar-refractivity contribution is 0.143. The van der Waals surface area contributed by atoms with Crippen molar-refractivity contribution in [2.75, 3.05) is 20.1 Å². The zero-order valence-electron chi connectivity index (χ0n) is 12.1. The maximum Gasteiger partial charge on any atom is 0.00118 e. The molecule has 0 aliphatic carbocycles. The van der Waals surface area contributed by atoms with E-state index in [0.29, 0.717) is 5.41 Å². The largest absolute Gasteiger partial charge is 0.306 e. The Balaban J connectivity index is 2.66. The van der Waals surface area contributed by atoms with E-state index in [0.717, 1.165) is 11.8 Å². The molecule has 1 rings (SSSR count). The smallest absolute Gasteiger partial charge is 0.00118 e. The Labute approximate surface area is 103 Å². The first-order valence-corrected chi connectivity index (χ1v) is 7.18. The van der Waals surface area contributed by atoms with Crippen LogP contribution in [0.3, 0.4) is 0 Å². The van der Waals surface area contributed by atoms with E-state index in [4.69, 9.17) is 0 Å². The Hall–Kier alpha value is -0.0400. The van der Waals surface area contributed by atoms with Gasteiger partial charge in [0.1, 0.15) is 0 Å². The summed E-state index contributed by atoms with van der Waals surface area (Å²) < 4.78 is 0. The molecule has 0 aromatic carbocycles. The molecule has 0 spiro atoms. The van der Waals surface area contributed by atoms with Crippen molar-refractivity contribution in [3.05, 3.63) is 0 Å². The van der Waals surface area contributed by atoms with Gasteiger partial charge in [-0.15, -0.1) is 0 Å². The molecule has 0 amide bonds. The normalized spacial score (nSPS) is 29.1. The summed E-state index contributed by atoms with van der Waals surface area (Å²) in [4.78, 5) is 2.55. The first kappa shape index (κ1) is 14.0. The maximum absolute atomic E-state index is 2.55. The second kappa shape index (κ2) is 6.05. The van der Waals surface area contributed by atoms with Crippen molar-refractivity contribution in [2.24, 2.45) is 17.3 Å². The number of likely N-dealkylation sites (tertiary alicyclic amines) is 1. The third kappa shape index (κ3) is 3.76. The van der Waals surface area contributed by atoms with Crippen LogP contribution in [0.4, 0.5) is 0 Å². The first-order chi connectivity index (χ1) is 7.49. The minimum Gasteiger partial charge on any atom is -0.306 e. The first-order valence-electron chi connectivity index (χ1n) is 7.18. The minimum atomic E-state index is 0.518. The molecule has 96 valence electrons. The topological polar surface area (TPSA) is 3.24 Å². The second-order valence-electron chi connectivity index (χ2n) is 6.48. The summed E-state index contributed by atoms with van der Waals surface area (Å²) in [6.45, 7) is 12.2. The Morgan fingerprint density at radius 1 is 1.25 bits per heavy atom. The molecular formula is C15H31N. The van der Waals surface area contributed by atoms with Gasteiger partial charge in [-0.1, -0.05) is 47.0 Å². The molecule has 1 saturated heterocycles. The Morgan fingerprint density at radius 2 is 1.94 bits per heavy atom. The van der Waals surface area contributed by atoms with E-state index in [-0.39, 0.29) is 0 Å². The number of hydrogen-bond acceptors (Lipinski definition) is 1. The van der Waals surface area contributed by atoms with Crippen LogP contribution in [0.2, 0.25) is 0 Å². The molecule has 1 aliphatic heterocycles. The Bertz CT molecular complexity index is 198. The molecule has 1 aliphatic rings. The van der Waals surface area contributed by atoms with Crippen LogP contribution in [-0.2, 0) is 0 Å². The van der Waals surface area contributed by atoms with Crippen molar-refractivity contribution in [3.63, 3.8) is 0 Å². The van der Waals surface area contributed by atoms with Crippen LogP contribution in [0, 0.1) is 17.3 Å². The van der Waals surface area contributed by atoms with E-state index in [1.54, 1.807) is 0 Å². The summed E-state index contributed by atoms with van der Waals surface area (Å²) in [5.74, 6) is 1.87. The monoisotopic (exact) mass is 225 g/mol. The predicted molar refractivity (Wildman–Crippen MR) is 72.7 cm³/mol. The van der Waals surface area contributed by atoms with Gasteiger partial charge in [0.25, 0.3) is 0 Å². The number of nitrogens with zero attached hydrogens (tertiary/aromatic N) is 1. The van der Waals surface area contributed by atoms with Gasteiger partial charge in [-0.25, -0.2) is 0 Å². The van der Waals surface area contributed by atoms with E-state index in [2.05, 4.69) is 39.6 Å². The average molecular weight is 225 g/mol. The average Bonchev–Trinajstić information content (AvgIpc) is 2.42. The molecule has 16 heavy (non-hydrogen) atoms. The molecule has 0 aromatic heterocycles. The van der Waals surface area contributed by atoms with Gasteiger partial charge in [-0.05, 0) is 43.7 Å². The van der Waals surface area contributed by atoms with Crippen LogP contribution in [0.15, 0.2) is 0 Å². The zero-order chi connectivity index (χ0) is 12.2. The second-order valence-corrected chi connectivity index (χ2v) is 6.48. The fourth-order valence-corrected chi connectivity index (χ4v) is 2.99. The molecular weight excluding hydrogens is 194 g/mol. The SMILES string of the molecule is CCCC1CCN(C)CC(C(C)(C)CC)C1. The fourth-order valence-electron chi connectivity index (χ4n) is 2.99. The Morgan fingerprint density at radius 3 is 2.50 bits per heavy atom. The fraction of sp³-hybridized carbons (Fsp3) is 1.00. The minimum absolute atomic E-state index is 0.518. The maximum atomic E-state index is 2.55. The van der Waals surface area contributed by atoms with Gasteiger partial charge in [-0.2, -0.15) is 0 Å². The molecule has 0 saturated carbocycles. The van der Waals surface area contributed by atoms with Crippen molar-refractivity contribution in [3.8, 4) is 0 Å². The van der Waals surface area contributed by atoms with Crippen LogP contribution >= 0.6 is 0 Å². The van der Waals surface area contributed by atoms with Gasteiger partial charge in [0.05, 0.1) is 0 Å². The molecule has 1 heteroatoms. The summed E-state index contributed by atoms with van der Waals surface area (Å²) in [5, 5.41) is 0. The summed E-state index contributed by atoms with van der Waals surface area (Å²) >= 11 is 0. The van der Waals surface area contributed by atoms with E-state index in [1.807, 2.05) is 0 Å². The molecule has 1 nitrogen and oxygen atoms in total. The van der Waals surface area contributed by atoms with E-state index in [9.17, 15) is 0 Å². The summed E-state index contributed by atoms with van der Waals surface area (Å²) in [5.41, 5.74) is 0.518. The van der Waals surface area contributed by atoms with Crippen molar-refractivity contribution in [1.82, 2.24) is 4.90 Å². The molecule has 0 radical (unpaired) electrons. The molecule has 1 heterocycles. The van der Waals surface area contributed by atoms with Crippen LogP contribution in [-0.4, -0.2) is 25.0 Å². The van der Waals surface area contributed by atoms with Gasteiger partial charge < -0.3 is 4.90 Å². The highest BCUT2D eigenvalue weighted by molar-refractivity contribution is 4.84. The number of hydrogen-bond donors (Lipinski definition) is 0. The van der Waals surface area contributed by atoms with Crippen molar-refractivity contribution in [1.29, 1.82) is 0 Å². The van der Waals surface area contributed by atoms with Crippen LogP contribution in [0.25, 0.3) is 0 Å². The highest BCUT2D eigenvalue weighted by Crippen LogP contribution is 2.38. The van der Waals surface area contributed by atoms with Crippen LogP contribution in [0.5, 0.6) is 0 Å². The third-order valence-electron chi connectivity index (χ3n) is 4.78. The van der Waals surface area contributed by atoms with E-state index in [1.165, 1.54) is 45.2 Å². The lowest BCUT2D eigenvalue weighted by Crippen LogP contribution is -2.33. The quantitative estimate of drug-likeness (QED) is 0.694. The molecule has 2 unspecified atom stereocenters. The van der Waals surface area contributed by atoms with Gasteiger partial charge in [0.2, 0.25) is 0 Å². The van der Waals surface area contributed by atoms with Gasteiger partial charge in [0, 0.05) is 6.54 Å². The number of rotatable bonds is 4. The summed E-state index contributed by atoms with van der Waals surface area (Å²) in [6, 6.07) is 0. The molecule has 0 bridgehead atoms. The summed E-state index contributed by atoms with van der Waals surface area (Å²) in [7, 11) is 2.30. The van der Waals surface area contributed by atoms with Crippen LogP contribution < -0.4 is 0 Å². The highest BCUT2D eigenvalue weighted by atomic mass is 15.1. The molecule has 0 aromatic rings. The van der Waals surface area contributed by atoms with Gasteiger partial charge >= 0.3 is 0 Å². The standard InChI is InChI=1S/C15H31N/c1-6-8-13-9-10-16(5)12-14(11-13)15(3,4)7-2/h13-14H,6-12H2,1-5H3. The van der Waals surface area contributed by atoms with Crippen molar-refractivity contribution >= 4 is 0 Å². The third-order valence-corrected chi connectivity index (χ3v) is 4.78. The molecule has 0 N–H and O–H groups in total. The van der Waals surface area contributed by atoms with E-state index >= 15 is 0 Å². The van der Waals surface area contributed by atoms with Crippen LogP contribution in [0.1, 0.15) is 59.8 Å². The summed E-state index contributed by atoms with van der Waals surface area (Å²) in [6.07, 6.45) is 6.97. The highest BCUT2D eigenvalue weighted by Gasteiger charge is 2.32. The van der Waals surface area contributed by atoms with E-state index < -0.39 is 0 Å². The lowest BCUT2D eigenvalue weighted by Gasteiger charge is -2.35. The Kier molecular flexibility index (Phi) is 5.30. The molecule has 2 atom stereocenters. The van der Waals surface area contributed by atoms with Gasteiger partial charge in [0.15, 0.2) is 0 Å². The zero-order valence-corrected chi connectivity index (χ0v) is 12.1. The molecule has 1 fully saturated rings. The lowest BCUT2D eigenvalue weighted by atomic mass is 9.72. The predicted octanol–water partition coefficient (Wildman–Crippen LogP) is 4.18. The van der Waals surface area contributed by atoms with Gasteiger partial charge in [-0.3, -0.25) is 0 Å².